The second-order valence-electron chi connectivity index (χ2n) is 13.2. The van der Waals surface area contributed by atoms with E-state index in [1.807, 2.05) is 26.8 Å². The Bertz CT molecular complexity index is 1170. The van der Waals surface area contributed by atoms with Crippen LogP contribution in [0.3, 0.4) is 0 Å². The smallest absolute Gasteiger partial charge is 0.333 e. The Labute approximate surface area is 219 Å². The summed E-state index contributed by atoms with van der Waals surface area (Å²) in [6, 6.07) is 0. The lowest BCUT2D eigenvalue weighted by Crippen LogP contribution is -2.49. The fourth-order valence-corrected chi connectivity index (χ4v) is 9.23. The Hall–Kier alpha value is -2.18. The first-order chi connectivity index (χ1) is 17.4. The monoisotopic (exact) mass is 508 g/mol. The van der Waals surface area contributed by atoms with Crippen LogP contribution in [-0.2, 0) is 23.8 Å². The predicted octanol–water partition coefficient (Wildman–Crippen LogP) is 4.83. The standard InChI is InChI=1S/C31H40O6/c1-16-11-19-12-20-22-14-31(34)13-18-7-10-25(32)37-29(3,4)21(18)8-9-24(31)30(22,5)15-23(35-6)26(20)17(2)27(19)36-28(16)33/h7,10-11,13,17,19,21-24,27,34H,8-9,12,14-15H2,1-6H3/t17-,19+,21+,22-,23+,24-,27-,30+,31+/m0/s1. The van der Waals surface area contributed by atoms with Gasteiger partial charge in [-0.2, -0.15) is 0 Å². The van der Waals surface area contributed by atoms with E-state index in [1.165, 1.54) is 17.2 Å². The molecule has 37 heavy (non-hydrogen) atoms. The third-order valence-corrected chi connectivity index (χ3v) is 10.8. The largest absolute Gasteiger partial charge is 0.458 e. The Morgan fingerprint density at radius 3 is 2.57 bits per heavy atom. The molecular weight excluding hydrogens is 468 g/mol. The zero-order valence-corrected chi connectivity index (χ0v) is 22.9. The fourth-order valence-electron chi connectivity index (χ4n) is 9.23. The maximum absolute atomic E-state index is 12.4. The van der Waals surface area contributed by atoms with Gasteiger partial charge in [0.25, 0.3) is 0 Å². The summed E-state index contributed by atoms with van der Waals surface area (Å²) in [6.07, 6.45) is 11.4. The van der Waals surface area contributed by atoms with Crippen LogP contribution in [0, 0.1) is 35.0 Å². The van der Waals surface area contributed by atoms with Gasteiger partial charge in [-0.3, -0.25) is 0 Å². The lowest BCUT2D eigenvalue weighted by atomic mass is 9.56. The van der Waals surface area contributed by atoms with E-state index in [9.17, 15) is 14.7 Å². The highest BCUT2D eigenvalue weighted by Crippen LogP contribution is 2.66. The van der Waals surface area contributed by atoms with Crippen LogP contribution in [0.4, 0.5) is 0 Å². The summed E-state index contributed by atoms with van der Waals surface area (Å²) in [6.45, 7) is 10.3. The maximum atomic E-state index is 12.4. The van der Waals surface area contributed by atoms with Crippen molar-refractivity contribution in [3.05, 3.63) is 46.6 Å². The molecule has 9 atom stereocenters. The topological polar surface area (TPSA) is 82.1 Å². The second-order valence-corrected chi connectivity index (χ2v) is 13.2. The van der Waals surface area contributed by atoms with E-state index in [4.69, 9.17) is 14.2 Å². The molecule has 6 rings (SSSR count). The van der Waals surface area contributed by atoms with E-state index >= 15 is 0 Å². The molecule has 2 heterocycles. The number of aliphatic hydroxyl groups is 1. The molecule has 0 bridgehead atoms. The third-order valence-electron chi connectivity index (χ3n) is 10.8. The average molecular weight is 509 g/mol. The van der Waals surface area contributed by atoms with Crippen molar-refractivity contribution in [2.75, 3.05) is 7.11 Å². The van der Waals surface area contributed by atoms with E-state index in [-0.39, 0.29) is 59.2 Å². The van der Waals surface area contributed by atoms with Crippen LogP contribution in [0.1, 0.15) is 66.7 Å². The maximum Gasteiger partial charge on any atom is 0.333 e. The van der Waals surface area contributed by atoms with Gasteiger partial charge in [-0.05, 0) is 87.3 Å². The molecule has 200 valence electrons. The fraction of sp³-hybridized carbons (Fsp3) is 0.677. The van der Waals surface area contributed by atoms with E-state index < -0.39 is 11.2 Å². The summed E-state index contributed by atoms with van der Waals surface area (Å²) in [5.74, 6) is 0.0416. The first-order valence-corrected chi connectivity index (χ1v) is 13.9. The van der Waals surface area contributed by atoms with Crippen LogP contribution in [0.2, 0.25) is 0 Å². The highest BCUT2D eigenvalue weighted by Gasteiger charge is 2.64. The minimum atomic E-state index is -0.969. The average Bonchev–Trinajstić information content (AvgIpc) is 2.89. The van der Waals surface area contributed by atoms with Gasteiger partial charge >= 0.3 is 11.9 Å². The summed E-state index contributed by atoms with van der Waals surface area (Å²) in [7, 11) is 1.78. The first-order valence-electron chi connectivity index (χ1n) is 13.9. The highest BCUT2D eigenvalue weighted by atomic mass is 16.6. The van der Waals surface area contributed by atoms with Gasteiger partial charge in [0.2, 0.25) is 0 Å². The lowest BCUT2D eigenvalue weighted by molar-refractivity contribution is -0.153. The number of ether oxygens (including phenoxy) is 3. The molecule has 0 aromatic rings. The van der Waals surface area contributed by atoms with E-state index in [1.54, 1.807) is 7.11 Å². The normalized spacial score (nSPS) is 46.1. The van der Waals surface area contributed by atoms with Gasteiger partial charge in [-0.15, -0.1) is 0 Å². The van der Waals surface area contributed by atoms with Crippen LogP contribution in [0.5, 0.6) is 0 Å². The molecule has 2 aliphatic heterocycles. The summed E-state index contributed by atoms with van der Waals surface area (Å²) in [5, 5.41) is 12.4. The molecule has 0 aromatic heterocycles. The van der Waals surface area contributed by atoms with Gasteiger partial charge in [0.1, 0.15) is 11.7 Å². The number of hydrogen-bond acceptors (Lipinski definition) is 6. The van der Waals surface area contributed by atoms with Crippen LogP contribution in [0.15, 0.2) is 46.6 Å². The third kappa shape index (κ3) is 3.58. The molecule has 0 radical (unpaired) electrons. The Kier molecular flexibility index (Phi) is 5.54. The van der Waals surface area contributed by atoms with Crippen molar-refractivity contribution in [2.24, 2.45) is 35.0 Å². The number of carbonyl (C=O) groups is 2. The zero-order chi connectivity index (χ0) is 26.5. The molecule has 6 nitrogen and oxygen atoms in total. The van der Waals surface area contributed by atoms with Crippen molar-refractivity contribution in [3.63, 3.8) is 0 Å². The Balaban J connectivity index is 1.44. The molecule has 0 aromatic carbocycles. The van der Waals surface area contributed by atoms with E-state index in [0.29, 0.717) is 12.0 Å². The van der Waals surface area contributed by atoms with Crippen molar-refractivity contribution >= 4 is 11.9 Å². The summed E-state index contributed by atoms with van der Waals surface area (Å²) < 4.78 is 17.9. The van der Waals surface area contributed by atoms with Gasteiger partial charge in [0.15, 0.2) is 0 Å². The number of carbonyl (C=O) groups excluding carboxylic acids is 2. The molecule has 0 amide bonds. The summed E-state index contributed by atoms with van der Waals surface area (Å²) >= 11 is 0. The lowest BCUT2D eigenvalue weighted by Gasteiger charge is -2.52. The second kappa shape index (κ2) is 8.16. The zero-order valence-electron chi connectivity index (χ0n) is 22.9. The van der Waals surface area contributed by atoms with Gasteiger partial charge in [-0.25, -0.2) is 9.59 Å². The SMILES string of the molecule is CO[C@@H]1C[C@]2(C)[C@@H](C[C@]3(O)C=C4C=CC(=O)OC(C)(C)[C@@H]4CC[C@@H]23)C2=C1[C@H](C)[C@@H]1OC(=O)C(C)=C[C@@H]1C2. The number of esters is 2. The number of fused-ring (bicyclic) bond motifs is 6. The summed E-state index contributed by atoms with van der Waals surface area (Å²) in [4.78, 5) is 24.6. The molecule has 1 saturated carbocycles. The van der Waals surface area contributed by atoms with Crippen molar-refractivity contribution in [2.45, 2.75) is 90.1 Å². The van der Waals surface area contributed by atoms with Crippen LogP contribution < -0.4 is 0 Å². The molecule has 4 aliphatic carbocycles. The molecule has 0 spiro atoms. The van der Waals surface area contributed by atoms with Crippen LogP contribution in [0.25, 0.3) is 0 Å². The van der Waals surface area contributed by atoms with E-state index in [2.05, 4.69) is 26.0 Å². The van der Waals surface area contributed by atoms with E-state index in [0.717, 1.165) is 31.3 Å². The quantitative estimate of drug-likeness (QED) is 0.404. The first kappa shape index (κ1) is 25.1. The Morgan fingerprint density at radius 2 is 1.84 bits per heavy atom. The van der Waals surface area contributed by atoms with Gasteiger partial charge in [0, 0.05) is 36.5 Å². The number of methoxy groups -OCH3 is 1. The molecule has 0 unspecified atom stereocenters. The van der Waals surface area contributed by atoms with Crippen molar-refractivity contribution in [1.29, 1.82) is 0 Å². The van der Waals surface area contributed by atoms with Gasteiger partial charge in [0.05, 0.1) is 11.7 Å². The molecule has 1 fully saturated rings. The van der Waals surface area contributed by atoms with Crippen molar-refractivity contribution < 1.29 is 28.9 Å². The van der Waals surface area contributed by atoms with Crippen molar-refractivity contribution in [3.8, 4) is 0 Å². The predicted molar refractivity (Wildman–Crippen MR) is 138 cm³/mol. The number of hydrogen-bond donors (Lipinski definition) is 1. The highest BCUT2D eigenvalue weighted by molar-refractivity contribution is 5.89. The van der Waals surface area contributed by atoms with Crippen molar-refractivity contribution in [1.82, 2.24) is 0 Å². The number of rotatable bonds is 1. The van der Waals surface area contributed by atoms with Crippen LogP contribution in [-0.4, -0.2) is 47.6 Å². The summed E-state index contributed by atoms with van der Waals surface area (Å²) in [5.41, 5.74) is 2.66. The Morgan fingerprint density at radius 1 is 1.08 bits per heavy atom. The molecular formula is C31H40O6. The molecule has 6 heteroatoms. The van der Waals surface area contributed by atoms with Gasteiger partial charge < -0.3 is 19.3 Å². The molecule has 1 N–H and O–H groups in total. The molecule has 6 aliphatic rings. The van der Waals surface area contributed by atoms with Crippen LogP contribution >= 0.6 is 0 Å². The minimum Gasteiger partial charge on any atom is -0.458 e. The minimum absolute atomic E-state index is 0.0453. The number of allylic oxidation sites excluding steroid dienone is 2. The van der Waals surface area contributed by atoms with Gasteiger partial charge in [-0.1, -0.05) is 31.6 Å². The molecule has 0 saturated heterocycles. The number of cyclic esters (lactones) is 1.